The van der Waals surface area contributed by atoms with Crippen molar-refractivity contribution < 1.29 is 4.79 Å². The van der Waals surface area contributed by atoms with Gasteiger partial charge in [-0.15, -0.1) is 11.6 Å². The number of piperazine rings is 1. The van der Waals surface area contributed by atoms with Gasteiger partial charge in [0.25, 0.3) is 0 Å². The fraction of sp³-hybridized carbons (Fsp3) is 0.562. The first-order valence-corrected chi connectivity index (χ1v) is 7.91. The molecule has 4 heteroatoms. The molecule has 2 aliphatic heterocycles. The maximum Gasteiger partial charge on any atom is 0.245 e. The minimum Gasteiger partial charge on any atom is -0.338 e. The van der Waals surface area contributed by atoms with Crippen LogP contribution in [0.5, 0.6) is 0 Å². The van der Waals surface area contributed by atoms with Crippen LogP contribution in [0.2, 0.25) is 0 Å². The summed E-state index contributed by atoms with van der Waals surface area (Å²) in [7, 11) is 0. The number of hydrogen-bond donors (Lipinski definition) is 0. The van der Waals surface area contributed by atoms with E-state index in [1.165, 1.54) is 25.8 Å². The molecule has 2 atom stereocenters. The Morgan fingerprint density at radius 3 is 2.75 bits per heavy atom. The highest BCUT2D eigenvalue weighted by atomic mass is 35.5. The first-order chi connectivity index (χ1) is 9.75. The van der Waals surface area contributed by atoms with Crippen molar-refractivity contribution in [2.24, 2.45) is 0 Å². The number of amides is 1. The number of rotatable bonds is 2. The van der Waals surface area contributed by atoms with Gasteiger partial charge in [-0.2, -0.15) is 0 Å². The van der Waals surface area contributed by atoms with Crippen LogP contribution in [0.25, 0.3) is 0 Å². The fourth-order valence-electron chi connectivity index (χ4n) is 3.28. The van der Waals surface area contributed by atoms with Crippen molar-refractivity contribution >= 4 is 17.5 Å². The summed E-state index contributed by atoms with van der Waals surface area (Å²) in [5, 5.41) is -0.550. The van der Waals surface area contributed by atoms with E-state index in [2.05, 4.69) is 4.90 Å². The van der Waals surface area contributed by atoms with Gasteiger partial charge >= 0.3 is 0 Å². The van der Waals surface area contributed by atoms with E-state index in [0.29, 0.717) is 6.04 Å². The van der Waals surface area contributed by atoms with Crippen molar-refractivity contribution in [2.75, 3.05) is 26.2 Å². The molecule has 0 bridgehead atoms. The van der Waals surface area contributed by atoms with Gasteiger partial charge in [0.15, 0.2) is 0 Å². The molecular formula is C16H21ClN2O. The van der Waals surface area contributed by atoms with Crippen molar-refractivity contribution in [3.63, 3.8) is 0 Å². The van der Waals surface area contributed by atoms with Gasteiger partial charge in [-0.25, -0.2) is 0 Å². The lowest BCUT2D eigenvalue weighted by atomic mass is 9.99. The summed E-state index contributed by atoms with van der Waals surface area (Å²) in [5.74, 6) is 0.0584. The van der Waals surface area contributed by atoms with Crippen LogP contribution < -0.4 is 0 Å². The largest absolute Gasteiger partial charge is 0.338 e. The summed E-state index contributed by atoms with van der Waals surface area (Å²) < 4.78 is 0. The highest BCUT2D eigenvalue weighted by molar-refractivity contribution is 6.30. The standard InChI is InChI=1S/C16H21ClN2O/c17-15(13-6-2-1-3-7-13)16(20)19-11-10-18-9-5-4-8-14(18)12-19/h1-3,6-7,14-15H,4-5,8-12H2. The number of fused-ring (bicyclic) bond motifs is 1. The zero-order valence-electron chi connectivity index (χ0n) is 11.7. The average molecular weight is 293 g/mol. The van der Waals surface area contributed by atoms with E-state index >= 15 is 0 Å². The quantitative estimate of drug-likeness (QED) is 0.783. The van der Waals surface area contributed by atoms with Crippen molar-refractivity contribution in [2.45, 2.75) is 30.7 Å². The molecule has 0 radical (unpaired) electrons. The van der Waals surface area contributed by atoms with Crippen LogP contribution in [-0.2, 0) is 4.79 Å². The van der Waals surface area contributed by atoms with Crippen molar-refractivity contribution in [3.05, 3.63) is 35.9 Å². The Hall–Kier alpha value is -1.06. The van der Waals surface area contributed by atoms with E-state index in [1.54, 1.807) is 0 Å². The van der Waals surface area contributed by atoms with Crippen molar-refractivity contribution in [1.29, 1.82) is 0 Å². The van der Waals surface area contributed by atoms with E-state index in [4.69, 9.17) is 11.6 Å². The van der Waals surface area contributed by atoms with Gasteiger partial charge in [-0.05, 0) is 24.9 Å². The van der Waals surface area contributed by atoms with Gasteiger partial charge in [0.1, 0.15) is 5.38 Å². The number of halogens is 1. The highest BCUT2D eigenvalue weighted by Gasteiger charge is 2.33. The van der Waals surface area contributed by atoms with Gasteiger partial charge in [-0.3, -0.25) is 9.69 Å². The van der Waals surface area contributed by atoms with Gasteiger partial charge in [-0.1, -0.05) is 36.8 Å². The third kappa shape index (κ3) is 2.84. The van der Waals surface area contributed by atoms with E-state index in [0.717, 1.165) is 25.2 Å². The number of piperidine rings is 1. The number of hydrogen-bond acceptors (Lipinski definition) is 2. The lowest BCUT2D eigenvalue weighted by Crippen LogP contribution is -2.56. The van der Waals surface area contributed by atoms with E-state index in [9.17, 15) is 4.79 Å². The van der Waals surface area contributed by atoms with Crippen LogP contribution in [-0.4, -0.2) is 47.9 Å². The summed E-state index contributed by atoms with van der Waals surface area (Å²) in [6.45, 7) is 3.84. The van der Waals surface area contributed by atoms with Crippen LogP contribution in [0.4, 0.5) is 0 Å². The minimum atomic E-state index is -0.550. The lowest BCUT2D eigenvalue weighted by Gasteiger charge is -2.44. The molecule has 1 aromatic rings. The zero-order valence-corrected chi connectivity index (χ0v) is 12.4. The summed E-state index contributed by atoms with van der Waals surface area (Å²) >= 11 is 6.36. The Labute approximate surface area is 125 Å². The molecule has 1 aromatic carbocycles. The Balaban J connectivity index is 1.65. The molecule has 20 heavy (non-hydrogen) atoms. The predicted octanol–water partition coefficient (Wildman–Crippen LogP) is 2.66. The second-order valence-electron chi connectivity index (χ2n) is 5.74. The molecule has 3 nitrogen and oxygen atoms in total. The number of benzene rings is 1. The number of alkyl halides is 1. The SMILES string of the molecule is O=C(C(Cl)c1ccccc1)N1CCN2CCCCC2C1. The molecule has 2 unspecified atom stereocenters. The smallest absolute Gasteiger partial charge is 0.245 e. The van der Waals surface area contributed by atoms with Crippen LogP contribution >= 0.6 is 11.6 Å². The zero-order chi connectivity index (χ0) is 13.9. The number of carbonyl (C=O) groups excluding carboxylic acids is 1. The maximum atomic E-state index is 12.5. The molecule has 0 aromatic heterocycles. The summed E-state index contributed by atoms with van der Waals surface area (Å²) in [6, 6.07) is 10.2. The van der Waals surface area contributed by atoms with Crippen LogP contribution in [0.3, 0.4) is 0 Å². The highest BCUT2D eigenvalue weighted by Crippen LogP contribution is 2.26. The Morgan fingerprint density at radius 1 is 1.15 bits per heavy atom. The van der Waals surface area contributed by atoms with E-state index < -0.39 is 5.38 Å². The summed E-state index contributed by atoms with van der Waals surface area (Å²) in [5.41, 5.74) is 0.894. The molecule has 2 aliphatic rings. The molecule has 0 spiro atoms. The molecule has 2 heterocycles. The van der Waals surface area contributed by atoms with Crippen LogP contribution in [0.15, 0.2) is 30.3 Å². The molecule has 2 fully saturated rings. The molecule has 0 saturated carbocycles. The average Bonchev–Trinajstić information content (AvgIpc) is 2.54. The number of nitrogens with zero attached hydrogens (tertiary/aromatic N) is 2. The summed E-state index contributed by atoms with van der Waals surface area (Å²) in [4.78, 5) is 17.0. The number of carbonyl (C=O) groups is 1. The molecule has 0 aliphatic carbocycles. The maximum absolute atomic E-state index is 12.5. The topological polar surface area (TPSA) is 23.6 Å². The van der Waals surface area contributed by atoms with Gasteiger partial charge < -0.3 is 4.90 Å². The first-order valence-electron chi connectivity index (χ1n) is 7.47. The van der Waals surface area contributed by atoms with Gasteiger partial charge in [0, 0.05) is 25.7 Å². The Kier molecular flexibility index (Phi) is 4.27. The van der Waals surface area contributed by atoms with Crippen molar-refractivity contribution in [3.8, 4) is 0 Å². The first kappa shape index (κ1) is 13.9. The monoisotopic (exact) mass is 292 g/mol. The van der Waals surface area contributed by atoms with E-state index in [-0.39, 0.29) is 5.91 Å². The third-order valence-electron chi connectivity index (χ3n) is 4.46. The lowest BCUT2D eigenvalue weighted by molar-refractivity contribution is -0.134. The molecule has 2 saturated heterocycles. The fourth-order valence-corrected chi connectivity index (χ4v) is 3.56. The second kappa shape index (κ2) is 6.15. The normalized spacial score (nSPS) is 25.1. The minimum absolute atomic E-state index is 0.0584. The molecule has 3 rings (SSSR count). The third-order valence-corrected chi connectivity index (χ3v) is 4.90. The second-order valence-corrected chi connectivity index (χ2v) is 6.18. The van der Waals surface area contributed by atoms with Gasteiger partial charge in [0.2, 0.25) is 5.91 Å². The molecular weight excluding hydrogens is 272 g/mol. The Morgan fingerprint density at radius 2 is 1.95 bits per heavy atom. The molecule has 108 valence electrons. The van der Waals surface area contributed by atoms with Gasteiger partial charge in [0.05, 0.1) is 0 Å². The molecule has 1 amide bonds. The van der Waals surface area contributed by atoms with Crippen molar-refractivity contribution in [1.82, 2.24) is 9.80 Å². The predicted molar refractivity (Wildman–Crippen MR) is 80.8 cm³/mol. The molecule has 0 N–H and O–H groups in total. The Bertz CT molecular complexity index is 465. The van der Waals surface area contributed by atoms with E-state index in [1.807, 2.05) is 35.2 Å². The van der Waals surface area contributed by atoms with Crippen LogP contribution in [0, 0.1) is 0 Å². The van der Waals surface area contributed by atoms with Crippen LogP contribution in [0.1, 0.15) is 30.2 Å². The summed E-state index contributed by atoms with van der Waals surface area (Å²) in [6.07, 6.45) is 3.79.